The number of carbonyl (C=O) groups is 1. The van der Waals surface area contributed by atoms with Gasteiger partial charge in [-0.15, -0.1) is 0 Å². The summed E-state index contributed by atoms with van der Waals surface area (Å²) >= 11 is 5.51. The second kappa shape index (κ2) is 11.9. The monoisotopic (exact) mass is 574 g/mol. The molecule has 0 spiro atoms. The number of carbonyl (C=O) groups excluding carboxylic acids is 1. The highest BCUT2D eigenvalue weighted by atomic mass is 79.9. The van der Waals surface area contributed by atoms with E-state index >= 15 is 0 Å². The number of hydrazone groups is 1. The number of fused-ring (bicyclic) bond motifs is 1. The summed E-state index contributed by atoms with van der Waals surface area (Å²) in [5, 5.41) is 5.05. The predicted molar refractivity (Wildman–Crippen MR) is 156 cm³/mol. The number of nitrogens with one attached hydrogen (secondary N) is 1. The Morgan fingerprint density at radius 2 is 1.95 bits per heavy atom. The first-order chi connectivity index (χ1) is 18.1. The average molecular weight is 576 g/mol. The van der Waals surface area contributed by atoms with Crippen LogP contribution in [0.3, 0.4) is 0 Å². The van der Waals surface area contributed by atoms with E-state index in [2.05, 4.69) is 37.4 Å². The summed E-state index contributed by atoms with van der Waals surface area (Å²) < 4.78 is 6.54. The third kappa shape index (κ3) is 6.21. The van der Waals surface area contributed by atoms with Crippen molar-refractivity contribution in [2.45, 2.75) is 6.54 Å². The summed E-state index contributed by atoms with van der Waals surface area (Å²) in [7, 11) is 1.69. The Bertz CT molecular complexity index is 1450. The Kier molecular flexibility index (Phi) is 8.18. The molecular weight excluding hydrogens is 548 g/mol. The molecule has 1 fully saturated rings. The number of halogens is 1. The third-order valence-electron chi connectivity index (χ3n) is 6.26. The van der Waals surface area contributed by atoms with Crippen LogP contribution in [0.1, 0.15) is 21.5 Å². The zero-order valence-electron chi connectivity index (χ0n) is 20.5. The zero-order chi connectivity index (χ0) is 25.6. The van der Waals surface area contributed by atoms with E-state index in [1.165, 1.54) is 0 Å². The van der Waals surface area contributed by atoms with Gasteiger partial charge in [0.1, 0.15) is 5.75 Å². The molecule has 2 heterocycles. The minimum atomic E-state index is -0.286. The number of nitrogens with zero attached hydrogens (tertiary/aromatic N) is 3. The summed E-state index contributed by atoms with van der Waals surface area (Å²) in [6, 6.07) is 23.3. The van der Waals surface area contributed by atoms with Gasteiger partial charge in [-0.3, -0.25) is 9.69 Å². The quantitative estimate of drug-likeness (QED) is 0.217. The lowest BCUT2D eigenvalue weighted by Gasteiger charge is -2.26. The van der Waals surface area contributed by atoms with Gasteiger partial charge in [0.05, 0.1) is 30.1 Å². The fourth-order valence-corrected chi connectivity index (χ4v) is 5.77. The van der Waals surface area contributed by atoms with Crippen LogP contribution in [0.2, 0.25) is 0 Å². The van der Waals surface area contributed by atoms with Crippen LogP contribution in [0.5, 0.6) is 5.75 Å². The summed E-state index contributed by atoms with van der Waals surface area (Å²) in [5.41, 5.74) is 7.65. The normalized spacial score (nSPS) is 14.2. The van der Waals surface area contributed by atoms with E-state index < -0.39 is 0 Å². The summed E-state index contributed by atoms with van der Waals surface area (Å²) in [6.07, 6.45) is 1.67. The van der Waals surface area contributed by atoms with Gasteiger partial charge in [0.25, 0.3) is 5.91 Å². The maximum atomic E-state index is 13.2. The number of para-hydroxylation sites is 1. The van der Waals surface area contributed by atoms with Gasteiger partial charge in [-0.1, -0.05) is 46.3 Å². The smallest absolute Gasteiger partial charge is 0.272 e. The number of methoxy groups -OCH3 is 1. The number of hydrogen-bond acceptors (Lipinski definition) is 6. The van der Waals surface area contributed by atoms with Crippen LogP contribution < -0.4 is 10.2 Å². The molecular formula is C29H27BrN4O2S. The van der Waals surface area contributed by atoms with E-state index in [-0.39, 0.29) is 5.91 Å². The van der Waals surface area contributed by atoms with Crippen molar-refractivity contribution in [1.29, 1.82) is 0 Å². The van der Waals surface area contributed by atoms with Crippen molar-refractivity contribution >= 4 is 50.7 Å². The minimum Gasteiger partial charge on any atom is -0.496 e. The Morgan fingerprint density at radius 1 is 1.11 bits per heavy atom. The largest absolute Gasteiger partial charge is 0.496 e. The Morgan fingerprint density at radius 3 is 2.76 bits per heavy atom. The molecule has 5 rings (SSSR count). The summed E-state index contributed by atoms with van der Waals surface area (Å²) in [5.74, 6) is 2.89. The van der Waals surface area contributed by atoms with Crippen LogP contribution >= 0.6 is 27.7 Å². The van der Waals surface area contributed by atoms with Crippen LogP contribution in [0.25, 0.3) is 22.2 Å². The van der Waals surface area contributed by atoms with Gasteiger partial charge in [-0.2, -0.15) is 16.9 Å². The number of rotatable bonds is 7. The van der Waals surface area contributed by atoms with E-state index in [0.717, 1.165) is 74.6 Å². The maximum Gasteiger partial charge on any atom is 0.272 e. The van der Waals surface area contributed by atoms with E-state index in [0.29, 0.717) is 5.56 Å². The molecule has 6 nitrogen and oxygen atoms in total. The van der Waals surface area contributed by atoms with Crippen molar-refractivity contribution in [3.05, 3.63) is 94.0 Å². The molecule has 0 unspecified atom stereocenters. The van der Waals surface area contributed by atoms with Crippen molar-refractivity contribution in [3.63, 3.8) is 0 Å². The van der Waals surface area contributed by atoms with Crippen molar-refractivity contribution in [3.8, 4) is 17.0 Å². The highest BCUT2D eigenvalue weighted by Crippen LogP contribution is 2.27. The Hall–Kier alpha value is -3.20. The molecule has 1 aromatic heterocycles. The van der Waals surface area contributed by atoms with Crippen LogP contribution in [0, 0.1) is 0 Å². The van der Waals surface area contributed by atoms with Gasteiger partial charge in [0.2, 0.25) is 0 Å². The van der Waals surface area contributed by atoms with E-state index in [1.807, 2.05) is 78.5 Å². The van der Waals surface area contributed by atoms with Crippen molar-refractivity contribution in [1.82, 2.24) is 15.3 Å². The average Bonchev–Trinajstić information content (AvgIpc) is 2.93. The molecule has 188 valence electrons. The number of hydrogen-bond donors (Lipinski definition) is 1. The number of benzene rings is 3. The molecule has 0 radical (unpaired) electrons. The molecule has 1 aliphatic heterocycles. The van der Waals surface area contributed by atoms with Crippen LogP contribution in [-0.4, -0.2) is 53.7 Å². The lowest BCUT2D eigenvalue weighted by Crippen LogP contribution is -2.32. The number of ether oxygens (including phenoxy) is 1. The molecule has 37 heavy (non-hydrogen) atoms. The maximum absolute atomic E-state index is 13.2. The SMILES string of the molecule is COc1ccc(/C=N\NC(=O)c2cc(-c3cccc(Br)c3)nc3ccccc23)cc1CN1CCSCC1. The van der Waals surface area contributed by atoms with E-state index in [4.69, 9.17) is 9.72 Å². The Balaban J connectivity index is 1.37. The predicted octanol–water partition coefficient (Wildman–Crippen LogP) is 5.99. The van der Waals surface area contributed by atoms with Gasteiger partial charge in [-0.05, 0) is 48.0 Å². The first-order valence-corrected chi connectivity index (χ1v) is 14.0. The fourth-order valence-electron chi connectivity index (χ4n) is 4.39. The van der Waals surface area contributed by atoms with Crippen LogP contribution in [-0.2, 0) is 6.54 Å². The molecule has 0 saturated carbocycles. The first kappa shape index (κ1) is 25.4. The third-order valence-corrected chi connectivity index (χ3v) is 7.70. The zero-order valence-corrected chi connectivity index (χ0v) is 22.9. The number of thioether (sulfide) groups is 1. The van der Waals surface area contributed by atoms with Gasteiger partial charge in [0, 0.05) is 52.1 Å². The highest BCUT2D eigenvalue weighted by Gasteiger charge is 2.15. The number of aromatic nitrogens is 1. The summed E-state index contributed by atoms with van der Waals surface area (Å²) in [4.78, 5) is 20.5. The molecule has 8 heteroatoms. The van der Waals surface area contributed by atoms with E-state index in [1.54, 1.807) is 13.3 Å². The topological polar surface area (TPSA) is 66.8 Å². The Labute approximate surface area is 229 Å². The molecule has 0 atom stereocenters. The first-order valence-electron chi connectivity index (χ1n) is 12.1. The molecule has 0 bridgehead atoms. The standard InChI is InChI=1S/C29H27BrN4O2S/c1-36-28-10-9-20(15-22(28)19-34-11-13-37-14-12-34)18-31-33-29(35)25-17-27(21-5-4-6-23(30)16-21)32-26-8-3-2-7-24(25)26/h2-10,15-18H,11-14,19H2,1H3,(H,33,35)/b31-18-. The second-order valence-electron chi connectivity index (χ2n) is 8.74. The van der Waals surface area contributed by atoms with Gasteiger partial charge < -0.3 is 4.74 Å². The fraction of sp³-hybridized carbons (Fsp3) is 0.207. The van der Waals surface area contributed by atoms with E-state index in [9.17, 15) is 4.79 Å². The van der Waals surface area contributed by atoms with Crippen molar-refractivity contribution < 1.29 is 9.53 Å². The molecule has 1 N–H and O–H groups in total. The summed E-state index contributed by atoms with van der Waals surface area (Å²) in [6.45, 7) is 2.98. The molecule has 1 amide bonds. The molecule has 1 saturated heterocycles. The van der Waals surface area contributed by atoms with Crippen LogP contribution in [0.4, 0.5) is 0 Å². The number of pyridine rings is 1. The minimum absolute atomic E-state index is 0.286. The van der Waals surface area contributed by atoms with Gasteiger partial charge in [-0.25, -0.2) is 10.4 Å². The molecule has 3 aromatic carbocycles. The van der Waals surface area contributed by atoms with Crippen molar-refractivity contribution in [2.24, 2.45) is 5.10 Å². The van der Waals surface area contributed by atoms with Gasteiger partial charge in [0.15, 0.2) is 0 Å². The molecule has 4 aromatic rings. The highest BCUT2D eigenvalue weighted by molar-refractivity contribution is 9.10. The molecule has 0 aliphatic carbocycles. The lowest BCUT2D eigenvalue weighted by atomic mass is 10.0. The number of amides is 1. The molecule has 1 aliphatic rings. The van der Waals surface area contributed by atoms with Crippen molar-refractivity contribution in [2.75, 3.05) is 31.7 Å². The lowest BCUT2D eigenvalue weighted by molar-refractivity contribution is 0.0956. The van der Waals surface area contributed by atoms with Crippen LogP contribution in [0.15, 0.2) is 82.4 Å². The van der Waals surface area contributed by atoms with Gasteiger partial charge >= 0.3 is 0 Å². The second-order valence-corrected chi connectivity index (χ2v) is 10.9.